The molecule has 132 valence electrons. The first-order valence-electron chi connectivity index (χ1n) is 9.17. The van der Waals surface area contributed by atoms with Crippen molar-refractivity contribution in [2.45, 2.75) is 31.7 Å². The predicted molar refractivity (Wildman–Crippen MR) is 102 cm³/mol. The quantitative estimate of drug-likeness (QED) is 0.912. The number of aromatic nitrogens is 1. The number of benzene rings is 1. The van der Waals surface area contributed by atoms with Crippen molar-refractivity contribution in [2.75, 3.05) is 36.5 Å². The minimum Gasteiger partial charge on any atom is -0.492 e. The van der Waals surface area contributed by atoms with Gasteiger partial charge in [-0.25, -0.2) is 0 Å². The second-order valence-corrected chi connectivity index (χ2v) is 8.18. The first kappa shape index (κ1) is 15.5. The zero-order chi connectivity index (χ0) is 17.0. The maximum Gasteiger partial charge on any atom is 0.166 e. The number of nitrogens with two attached hydrogens (primary N) is 1. The van der Waals surface area contributed by atoms with Gasteiger partial charge in [0.25, 0.3) is 0 Å². The van der Waals surface area contributed by atoms with Crippen LogP contribution in [0, 0.1) is 5.92 Å². The maximum absolute atomic E-state index is 5.99. The summed E-state index contributed by atoms with van der Waals surface area (Å²) in [6, 6.07) is 5.13. The van der Waals surface area contributed by atoms with Gasteiger partial charge in [-0.15, -0.1) is 0 Å². The fourth-order valence-electron chi connectivity index (χ4n) is 4.26. The Morgan fingerprint density at radius 3 is 2.88 bits per heavy atom. The number of rotatable bonds is 4. The van der Waals surface area contributed by atoms with Gasteiger partial charge in [0.05, 0.1) is 18.5 Å². The summed E-state index contributed by atoms with van der Waals surface area (Å²) < 4.78 is 10.5. The highest BCUT2D eigenvalue weighted by atomic mass is 32.1. The molecule has 2 N–H and O–H groups in total. The lowest BCUT2D eigenvalue weighted by Gasteiger charge is -2.34. The molecule has 1 saturated carbocycles. The Hall–Kier alpha value is -1.79. The van der Waals surface area contributed by atoms with Crippen LogP contribution in [0.25, 0.3) is 0 Å². The van der Waals surface area contributed by atoms with E-state index in [1.807, 2.05) is 13.3 Å². The molecule has 6 heteroatoms. The Morgan fingerprint density at radius 2 is 2.16 bits per heavy atom. The van der Waals surface area contributed by atoms with Crippen LogP contribution in [0.4, 0.5) is 16.4 Å². The molecule has 1 aliphatic carbocycles. The molecule has 2 aliphatic heterocycles. The molecule has 0 unspecified atom stereocenters. The Morgan fingerprint density at radius 1 is 1.28 bits per heavy atom. The zero-order valence-electron chi connectivity index (χ0n) is 14.6. The number of methoxy groups -OCH3 is 1. The van der Waals surface area contributed by atoms with E-state index in [4.69, 9.17) is 10.5 Å². The predicted octanol–water partition coefficient (Wildman–Crippen LogP) is 3.14. The van der Waals surface area contributed by atoms with Gasteiger partial charge < -0.3 is 20.3 Å². The number of hydrogen-bond donors (Lipinski definition) is 1. The highest BCUT2D eigenvalue weighted by Gasteiger charge is 2.39. The lowest BCUT2D eigenvalue weighted by atomic mass is 9.98. The third-order valence-electron chi connectivity index (χ3n) is 5.73. The summed E-state index contributed by atoms with van der Waals surface area (Å²) in [6.45, 7) is 2.86. The standard InChI is InChI=1S/C19H24N4OS/c1-24-18-16(22-7-6-12(9-20)11-22)5-2-13-8-14-10-21-25-19(14)23(17(13)18)15-3-4-15/h2,5,10,12,15H,3-4,6-9,11,20H2,1H3/t12-/m1/s1. The average Bonchev–Trinajstić information content (AvgIpc) is 3.17. The molecular weight excluding hydrogens is 332 g/mol. The van der Waals surface area contributed by atoms with Crippen molar-refractivity contribution in [1.29, 1.82) is 0 Å². The largest absolute Gasteiger partial charge is 0.492 e. The van der Waals surface area contributed by atoms with Gasteiger partial charge in [-0.05, 0) is 54.9 Å². The lowest BCUT2D eigenvalue weighted by Crippen LogP contribution is -2.27. The molecule has 5 nitrogen and oxygen atoms in total. The monoisotopic (exact) mass is 356 g/mol. The molecule has 2 aromatic rings. The molecule has 25 heavy (non-hydrogen) atoms. The van der Waals surface area contributed by atoms with Gasteiger partial charge in [-0.3, -0.25) is 0 Å². The second-order valence-electron chi connectivity index (χ2n) is 7.40. The van der Waals surface area contributed by atoms with Crippen LogP contribution in [0.1, 0.15) is 30.4 Å². The van der Waals surface area contributed by atoms with Gasteiger partial charge in [0, 0.05) is 37.3 Å². The molecule has 1 aromatic carbocycles. The van der Waals surface area contributed by atoms with Crippen LogP contribution in [-0.2, 0) is 6.42 Å². The van der Waals surface area contributed by atoms with E-state index in [0.717, 1.165) is 31.8 Å². The smallest absolute Gasteiger partial charge is 0.166 e. The fraction of sp³-hybridized carbons (Fsp3) is 0.526. The SMILES string of the molecule is COc1c(N2CC[C@H](CN)C2)ccc2c1N(C1CC1)c1sncc1C2. The van der Waals surface area contributed by atoms with Crippen molar-refractivity contribution < 1.29 is 4.74 Å². The van der Waals surface area contributed by atoms with Crippen LogP contribution in [0.2, 0.25) is 0 Å². The molecule has 0 bridgehead atoms. The highest BCUT2D eigenvalue weighted by molar-refractivity contribution is 7.10. The van der Waals surface area contributed by atoms with Crippen molar-refractivity contribution in [3.05, 3.63) is 29.5 Å². The van der Waals surface area contributed by atoms with E-state index in [9.17, 15) is 0 Å². The molecule has 0 amide bonds. The number of fused-ring (bicyclic) bond motifs is 2. The van der Waals surface area contributed by atoms with Gasteiger partial charge in [0.15, 0.2) is 5.75 Å². The van der Waals surface area contributed by atoms with E-state index >= 15 is 0 Å². The van der Waals surface area contributed by atoms with Gasteiger partial charge in [-0.2, -0.15) is 4.37 Å². The summed E-state index contributed by atoms with van der Waals surface area (Å²) in [7, 11) is 1.81. The number of anilines is 3. The molecule has 5 rings (SSSR count). The van der Waals surface area contributed by atoms with Gasteiger partial charge in [0.1, 0.15) is 5.00 Å². The van der Waals surface area contributed by atoms with Crippen molar-refractivity contribution in [1.82, 2.24) is 4.37 Å². The molecule has 1 aromatic heterocycles. The molecule has 2 fully saturated rings. The second kappa shape index (κ2) is 5.88. The summed E-state index contributed by atoms with van der Waals surface area (Å²) in [5, 5.41) is 1.31. The molecule has 1 atom stereocenters. The van der Waals surface area contributed by atoms with E-state index in [-0.39, 0.29) is 0 Å². The Labute approximate surface area is 152 Å². The van der Waals surface area contributed by atoms with Crippen molar-refractivity contribution in [3.63, 3.8) is 0 Å². The van der Waals surface area contributed by atoms with E-state index in [1.165, 1.54) is 46.8 Å². The average molecular weight is 356 g/mol. The summed E-state index contributed by atoms with van der Waals surface area (Å²) in [6.07, 6.45) is 6.66. The minimum atomic E-state index is 0.591. The van der Waals surface area contributed by atoms with E-state index in [0.29, 0.717) is 12.0 Å². The number of ether oxygens (including phenoxy) is 1. The van der Waals surface area contributed by atoms with E-state index in [2.05, 4.69) is 26.3 Å². The van der Waals surface area contributed by atoms with Gasteiger partial charge in [-0.1, -0.05) is 6.07 Å². The first-order valence-corrected chi connectivity index (χ1v) is 9.95. The third-order valence-corrected chi connectivity index (χ3v) is 6.58. The fourth-order valence-corrected chi connectivity index (χ4v) is 5.11. The normalized spacial score (nSPS) is 22.1. The lowest BCUT2D eigenvalue weighted by molar-refractivity contribution is 0.414. The van der Waals surface area contributed by atoms with Crippen LogP contribution in [0.3, 0.4) is 0 Å². The van der Waals surface area contributed by atoms with Crippen molar-refractivity contribution in [3.8, 4) is 5.75 Å². The molecular formula is C19H24N4OS. The van der Waals surface area contributed by atoms with Crippen LogP contribution in [0.15, 0.2) is 18.3 Å². The summed E-state index contributed by atoms with van der Waals surface area (Å²) in [5.74, 6) is 1.62. The Bertz CT molecular complexity index is 801. The third kappa shape index (κ3) is 2.42. The zero-order valence-corrected chi connectivity index (χ0v) is 15.4. The topological polar surface area (TPSA) is 54.6 Å². The van der Waals surface area contributed by atoms with Crippen LogP contribution < -0.4 is 20.3 Å². The molecule has 1 saturated heterocycles. The minimum absolute atomic E-state index is 0.591. The summed E-state index contributed by atoms with van der Waals surface area (Å²) in [4.78, 5) is 4.95. The molecule has 3 heterocycles. The van der Waals surface area contributed by atoms with Crippen LogP contribution >= 0.6 is 11.5 Å². The summed E-state index contributed by atoms with van der Waals surface area (Å²) in [5.41, 5.74) is 11.1. The van der Waals surface area contributed by atoms with Crippen molar-refractivity contribution in [2.24, 2.45) is 11.7 Å². The number of nitrogens with zero attached hydrogens (tertiary/aromatic N) is 3. The molecule has 3 aliphatic rings. The van der Waals surface area contributed by atoms with Gasteiger partial charge >= 0.3 is 0 Å². The van der Waals surface area contributed by atoms with Crippen molar-refractivity contribution >= 4 is 27.9 Å². The molecule has 0 radical (unpaired) electrons. The van der Waals surface area contributed by atoms with E-state index in [1.54, 1.807) is 11.5 Å². The Kier molecular flexibility index (Phi) is 3.64. The summed E-state index contributed by atoms with van der Waals surface area (Å²) >= 11 is 1.62. The van der Waals surface area contributed by atoms with Crippen LogP contribution in [0.5, 0.6) is 5.75 Å². The molecule has 0 spiro atoms. The Balaban J connectivity index is 1.61. The number of hydrogen-bond acceptors (Lipinski definition) is 6. The van der Waals surface area contributed by atoms with Crippen LogP contribution in [-0.4, -0.2) is 37.2 Å². The van der Waals surface area contributed by atoms with Gasteiger partial charge in [0.2, 0.25) is 0 Å². The highest BCUT2D eigenvalue weighted by Crippen LogP contribution is 2.53. The van der Waals surface area contributed by atoms with E-state index < -0.39 is 0 Å². The maximum atomic E-state index is 5.99. The first-order chi connectivity index (χ1) is 12.3.